The van der Waals surface area contributed by atoms with Crippen LogP contribution in [0.15, 0.2) is 12.3 Å². The summed E-state index contributed by atoms with van der Waals surface area (Å²) in [7, 11) is 0. The minimum absolute atomic E-state index is 0.220. The first-order chi connectivity index (χ1) is 10.2. The first-order valence-electron chi connectivity index (χ1n) is 7.82. The highest BCUT2D eigenvalue weighted by atomic mass is 16.2. The van der Waals surface area contributed by atoms with E-state index in [1.807, 2.05) is 22.8 Å². The van der Waals surface area contributed by atoms with E-state index in [4.69, 9.17) is 0 Å². The minimum Gasteiger partial charge on any atom is -0.351 e. The van der Waals surface area contributed by atoms with E-state index in [1.165, 1.54) is 0 Å². The van der Waals surface area contributed by atoms with E-state index >= 15 is 0 Å². The van der Waals surface area contributed by atoms with Crippen molar-refractivity contribution >= 4 is 12.0 Å². The molecule has 1 N–H and O–H groups in total. The van der Waals surface area contributed by atoms with Gasteiger partial charge in [-0.2, -0.15) is 0 Å². The van der Waals surface area contributed by atoms with Crippen LogP contribution < -0.4 is 5.32 Å². The molecule has 1 aromatic rings. The molecule has 0 spiro atoms. The lowest BCUT2D eigenvalue weighted by Crippen LogP contribution is -2.47. The van der Waals surface area contributed by atoms with Gasteiger partial charge >= 0.3 is 6.03 Å². The Morgan fingerprint density at radius 1 is 1.19 bits per heavy atom. The number of aryl methyl sites for hydroxylation is 1. The summed E-state index contributed by atoms with van der Waals surface area (Å²) in [6.45, 7) is 5.45. The first-order valence-corrected chi connectivity index (χ1v) is 7.82. The number of aromatic nitrogens is 2. The molecule has 2 fully saturated rings. The summed E-state index contributed by atoms with van der Waals surface area (Å²) >= 11 is 0. The molecule has 0 saturated carbocycles. The van der Waals surface area contributed by atoms with Crippen LogP contribution in [-0.4, -0.2) is 58.0 Å². The van der Waals surface area contributed by atoms with E-state index in [9.17, 15) is 4.79 Å². The Bertz CT molecular complexity index is 493. The third-order valence-corrected chi connectivity index (χ3v) is 4.27. The molecule has 0 bridgehead atoms. The number of likely N-dealkylation sites (tertiary alicyclic amines) is 2. The number of hydrogen-bond acceptors (Lipinski definition) is 4. The lowest BCUT2D eigenvalue weighted by molar-refractivity contribution is 0.150. The molecule has 2 amide bonds. The molecule has 0 atom stereocenters. The summed E-state index contributed by atoms with van der Waals surface area (Å²) in [5.41, 5.74) is 0.967. The van der Waals surface area contributed by atoms with Crippen LogP contribution in [0.3, 0.4) is 0 Å². The van der Waals surface area contributed by atoms with Gasteiger partial charge in [0.1, 0.15) is 0 Å². The second-order valence-electron chi connectivity index (χ2n) is 5.90. The van der Waals surface area contributed by atoms with Gasteiger partial charge in [-0.25, -0.2) is 14.8 Å². The maximum absolute atomic E-state index is 12.3. The van der Waals surface area contributed by atoms with Gasteiger partial charge in [0, 0.05) is 44.1 Å². The summed E-state index contributed by atoms with van der Waals surface area (Å²) in [5.74, 6) is 0.694. The molecule has 3 heterocycles. The summed E-state index contributed by atoms with van der Waals surface area (Å²) in [6.07, 6.45) is 5.98. The van der Waals surface area contributed by atoms with E-state index in [0.717, 1.165) is 57.6 Å². The Morgan fingerprint density at radius 2 is 1.86 bits per heavy atom. The van der Waals surface area contributed by atoms with Crippen LogP contribution in [0.5, 0.6) is 0 Å². The number of piperidine rings is 1. The van der Waals surface area contributed by atoms with Crippen LogP contribution in [-0.2, 0) is 0 Å². The van der Waals surface area contributed by atoms with Gasteiger partial charge in [0.2, 0.25) is 5.95 Å². The van der Waals surface area contributed by atoms with Crippen molar-refractivity contribution in [2.45, 2.75) is 38.6 Å². The summed E-state index contributed by atoms with van der Waals surface area (Å²) in [5, 5.41) is 3.38. The largest absolute Gasteiger partial charge is 0.351 e. The second-order valence-corrected chi connectivity index (χ2v) is 5.90. The molecular weight excluding hydrogens is 266 g/mol. The number of nitrogens with zero attached hydrogens (tertiary/aromatic N) is 4. The molecule has 0 radical (unpaired) electrons. The van der Waals surface area contributed by atoms with Crippen molar-refractivity contribution in [1.82, 2.24) is 19.8 Å². The summed E-state index contributed by atoms with van der Waals surface area (Å²) < 4.78 is 0. The molecule has 6 heteroatoms. The Hall–Kier alpha value is -1.85. The van der Waals surface area contributed by atoms with Gasteiger partial charge in [0.15, 0.2) is 0 Å². The summed E-state index contributed by atoms with van der Waals surface area (Å²) in [4.78, 5) is 24.9. The van der Waals surface area contributed by atoms with Gasteiger partial charge < -0.3 is 15.1 Å². The molecule has 1 aromatic heterocycles. The van der Waals surface area contributed by atoms with Crippen molar-refractivity contribution in [2.24, 2.45) is 0 Å². The van der Waals surface area contributed by atoms with Crippen LogP contribution in [0.25, 0.3) is 0 Å². The number of rotatable bonds is 2. The van der Waals surface area contributed by atoms with Crippen molar-refractivity contribution in [3.05, 3.63) is 18.0 Å². The number of anilines is 1. The highest BCUT2D eigenvalue weighted by molar-refractivity contribution is 5.74. The van der Waals surface area contributed by atoms with Crippen molar-refractivity contribution in [3.63, 3.8) is 0 Å². The molecule has 0 aliphatic carbocycles. The lowest BCUT2D eigenvalue weighted by Gasteiger charge is -2.34. The number of amides is 2. The second kappa shape index (κ2) is 6.28. The van der Waals surface area contributed by atoms with E-state index < -0.39 is 0 Å². The Balaban J connectivity index is 1.49. The van der Waals surface area contributed by atoms with Gasteiger partial charge in [-0.15, -0.1) is 0 Å². The number of hydrogen-bond donors (Lipinski definition) is 1. The molecule has 21 heavy (non-hydrogen) atoms. The number of carbonyl (C=O) groups excluding carboxylic acids is 1. The fraction of sp³-hybridized carbons (Fsp3) is 0.667. The Labute approximate surface area is 125 Å². The minimum atomic E-state index is 0.220. The van der Waals surface area contributed by atoms with Crippen LogP contribution in [0, 0.1) is 6.92 Å². The quantitative estimate of drug-likeness (QED) is 0.903. The van der Waals surface area contributed by atoms with E-state index in [-0.39, 0.29) is 6.03 Å². The molecule has 0 unspecified atom stereocenters. The zero-order valence-corrected chi connectivity index (χ0v) is 12.6. The van der Waals surface area contributed by atoms with Crippen molar-refractivity contribution < 1.29 is 4.79 Å². The molecule has 3 rings (SSSR count). The molecule has 0 aromatic carbocycles. The molecule has 2 aliphatic heterocycles. The van der Waals surface area contributed by atoms with Gasteiger partial charge in [-0.05, 0) is 38.7 Å². The smallest absolute Gasteiger partial charge is 0.319 e. The van der Waals surface area contributed by atoms with Crippen LogP contribution in [0.1, 0.15) is 31.4 Å². The third-order valence-electron chi connectivity index (χ3n) is 4.27. The van der Waals surface area contributed by atoms with E-state index in [0.29, 0.717) is 12.0 Å². The standard InChI is InChI=1S/C15H23N5O/c1-12-4-7-16-14(17-12)18-13-5-10-20(11-6-13)15(21)19-8-2-3-9-19/h4,7,13H,2-3,5-6,8-11H2,1H3,(H,16,17,18). The fourth-order valence-electron chi connectivity index (χ4n) is 3.02. The average Bonchev–Trinajstić information content (AvgIpc) is 3.01. The normalized spacial score (nSPS) is 19.9. The highest BCUT2D eigenvalue weighted by Crippen LogP contribution is 2.17. The average molecular weight is 289 g/mol. The number of carbonyl (C=O) groups is 1. The lowest BCUT2D eigenvalue weighted by atomic mass is 10.1. The zero-order chi connectivity index (χ0) is 14.7. The molecule has 6 nitrogen and oxygen atoms in total. The van der Waals surface area contributed by atoms with Crippen LogP contribution in [0.4, 0.5) is 10.7 Å². The number of nitrogens with one attached hydrogen (secondary N) is 1. The Kier molecular flexibility index (Phi) is 4.22. The van der Waals surface area contributed by atoms with Crippen molar-refractivity contribution in [3.8, 4) is 0 Å². The predicted octanol–water partition coefficient (Wildman–Crippen LogP) is 1.88. The topological polar surface area (TPSA) is 61.4 Å². The van der Waals surface area contributed by atoms with E-state index in [1.54, 1.807) is 6.20 Å². The monoisotopic (exact) mass is 289 g/mol. The van der Waals surface area contributed by atoms with Crippen molar-refractivity contribution in [2.75, 3.05) is 31.5 Å². The van der Waals surface area contributed by atoms with Gasteiger partial charge in [-0.3, -0.25) is 0 Å². The summed E-state index contributed by atoms with van der Waals surface area (Å²) in [6, 6.07) is 2.47. The predicted molar refractivity (Wildman–Crippen MR) is 81.2 cm³/mol. The van der Waals surface area contributed by atoms with Crippen LogP contribution in [0.2, 0.25) is 0 Å². The van der Waals surface area contributed by atoms with Crippen molar-refractivity contribution in [1.29, 1.82) is 0 Å². The first kappa shape index (κ1) is 14.1. The third kappa shape index (κ3) is 3.43. The van der Waals surface area contributed by atoms with Gasteiger partial charge in [0.25, 0.3) is 0 Å². The molecular formula is C15H23N5O. The maximum Gasteiger partial charge on any atom is 0.319 e. The molecule has 2 aliphatic rings. The van der Waals surface area contributed by atoms with Crippen LogP contribution >= 0.6 is 0 Å². The SMILES string of the molecule is Cc1ccnc(NC2CCN(C(=O)N3CCCC3)CC2)n1. The van der Waals surface area contributed by atoms with Gasteiger partial charge in [-0.1, -0.05) is 0 Å². The molecule has 114 valence electrons. The molecule has 2 saturated heterocycles. The van der Waals surface area contributed by atoms with E-state index in [2.05, 4.69) is 15.3 Å². The zero-order valence-electron chi connectivity index (χ0n) is 12.6. The van der Waals surface area contributed by atoms with Gasteiger partial charge in [0.05, 0.1) is 0 Å². The Morgan fingerprint density at radius 3 is 2.52 bits per heavy atom. The number of urea groups is 1. The fourth-order valence-corrected chi connectivity index (χ4v) is 3.02. The maximum atomic E-state index is 12.3. The highest BCUT2D eigenvalue weighted by Gasteiger charge is 2.27.